The van der Waals surface area contributed by atoms with Crippen molar-refractivity contribution in [3.8, 4) is 0 Å². The highest BCUT2D eigenvalue weighted by Gasteiger charge is 2.29. The quantitative estimate of drug-likeness (QED) is 0.827. The van der Waals surface area contributed by atoms with Crippen molar-refractivity contribution in [1.29, 1.82) is 0 Å². The summed E-state index contributed by atoms with van der Waals surface area (Å²) in [7, 11) is 0. The van der Waals surface area contributed by atoms with Gasteiger partial charge in [-0.3, -0.25) is 4.90 Å². The van der Waals surface area contributed by atoms with Crippen LogP contribution in [0.4, 0.5) is 0 Å². The lowest BCUT2D eigenvalue weighted by Gasteiger charge is -2.26. The molecule has 1 N–H and O–H groups in total. The number of nitrogens with one attached hydrogen (secondary N) is 1. The first kappa shape index (κ1) is 12.8. The van der Waals surface area contributed by atoms with Crippen LogP contribution in [-0.4, -0.2) is 40.1 Å². The Balaban J connectivity index is 1.41. The molecule has 2 heterocycles. The molecule has 1 aromatic rings. The molecule has 0 radical (unpaired) electrons. The molecule has 0 spiro atoms. The van der Waals surface area contributed by atoms with Gasteiger partial charge in [0.15, 0.2) is 0 Å². The summed E-state index contributed by atoms with van der Waals surface area (Å²) in [5.74, 6) is 0.966. The standard InChI is InChI=1S/C16H26N4/c1-2-14(18-7-1)10-19(9-13-3-4-13)11-16-8-17-12-20(16)15-5-6-15/h8,12-15,18H,1-7,9-11H2. The smallest absolute Gasteiger partial charge is 0.0951 e. The molecule has 2 aliphatic carbocycles. The van der Waals surface area contributed by atoms with Gasteiger partial charge in [0.25, 0.3) is 0 Å². The maximum atomic E-state index is 4.38. The highest BCUT2D eigenvalue weighted by atomic mass is 15.2. The van der Waals surface area contributed by atoms with Crippen LogP contribution in [0.15, 0.2) is 12.5 Å². The van der Waals surface area contributed by atoms with Gasteiger partial charge in [-0.1, -0.05) is 0 Å². The van der Waals surface area contributed by atoms with Crippen molar-refractivity contribution >= 4 is 0 Å². The topological polar surface area (TPSA) is 33.1 Å². The Kier molecular flexibility index (Phi) is 3.52. The zero-order valence-corrected chi connectivity index (χ0v) is 12.3. The minimum absolute atomic E-state index is 0.714. The SMILES string of the molecule is c1ncn(C2CC2)c1CN(CC1CC1)CC1CCCN1. The summed E-state index contributed by atoms with van der Waals surface area (Å²) >= 11 is 0. The third kappa shape index (κ3) is 3.07. The van der Waals surface area contributed by atoms with Crippen molar-refractivity contribution in [1.82, 2.24) is 19.8 Å². The Labute approximate surface area is 121 Å². The number of aromatic nitrogens is 2. The molecule has 1 unspecified atom stereocenters. The largest absolute Gasteiger partial charge is 0.330 e. The van der Waals surface area contributed by atoms with E-state index >= 15 is 0 Å². The summed E-state index contributed by atoms with van der Waals surface area (Å²) in [5.41, 5.74) is 1.42. The number of nitrogens with zero attached hydrogens (tertiary/aromatic N) is 3. The molecule has 0 bridgehead atoms. The van der Waals surface area contributed by atoms with Crippen LogP contribution in [0.25, 0.3) is 0 Å². The summed E-state index contributed by atoms with van der Waals surface area (Å²) in [5, 5.41) is 3.65. The van der Waals surface area contributed by atoms with E-state index in [0.717, 1.165) is 18.5 Å². The monoisotopic (exact) mass is 274 g/mol. The molecular formula is C16H26N4. The molecule has 4 rings (SSSR count). The fourth-order valence-corrected chi connectivity index (χ4v) is 3.46. The summed E-state index contributed by atoms with van der Waals surface area (Å²) in [6, 6.07) is 1.46. The first-order valence-electron chi connectivity index (χ1n) is 8.35. The van der Waals surface area contributed by atoms with E-state index in [0.29, 0.717) is 6.04 Å². The van der Waals surface area contributed by atoms with Crippen LogP contribution in [0.5, 0.6) is 0 Å². The second-order valence-corrected chi connectivity index (χ2v) is 6.95. The highest BCUT2D eigenvalue weighted by molar-refractivity contribution is 5.04. The zero-order valence-electron chi connectivity index (χ0n) is 12.3. The average Bonchev–Trinajstić information content (AvgIpc) is 3.35. The molecule has 4 nitrogen and oxygen atoms in total. The van der Waals surface area contributed by atoms with Crippen LogP contribution in [0.2, 0.25) is 0 Å². The summed E-state index contributed by atoms with van der Waals surface area (Å²) in [6.07, 6.45) is 12.4. The lowest BCUT2D eigenvalue weighted by atomic mass is 10.2. The molecular weight excluding hydrogens is 248 g/mol. The van der Waals surface area contributed by atoms with Gasteiger partial charge in [0, 0.05) is 37.9 Å². The maximum Gasteiger partial charge on any atom is 0.0951 e. The lowest BCUT2D eigenvalue weighted by molar-refractivity contribution is 0.226. The molecule has 3 aliphatic rings. The van der Waals surface area contributed by atoms with Crippen LogP contribution in [0, 0.1) is 5.92 Å². The minimum Gasteiger partial charge on any atom is -0.330 e. The third-order valence-corrected chi connectivity index (χ3v) is 4.93. The Bertz CT molecular complexity index is 441. The Morgan fingerprint density at radius 3 is 2.80 bits per heavy atom. The second kappa shape index (κ2) is 5.49. The molecule has 0 aromatic carbocycles. The van der Waals surface area contributed by atoms with Gasteiger partial charge >= 0.3 is 0 Å². The van der Waals surface area contributed by atoms with Crippen LogP contribution in [0.3, 0.4) is 0 Å². The first-order valence-corrected chi connectivity index (χ1v) is 8.35. The van der Waals surface area contributed by atoms with E-state index in [1.54, 1.807) is 0 Å². The summed E-state index contributed by atoms with van der Waals surface area (Å²) in [4.78, 5) is 7.06. The average molecular weight is 274 g/mol. The lowest BCUT2D eigenvalue weighted by Crippen LogP contribution is -2.38. The number of hydrogen-bond donors (Lipinski definition) is 1. The molecule has 2 saturated carbocycles. The molecule has 20 heavy (non-hydrogen) atoms. The van der Waals surface area contributed by atoms with Gasteiger partial charge in [0.05, 0.1) is 12.0 Å². The second-order valence-electron chi connectivity index (χ2n) is 6.95. The Hall–Kier alpha value is -0.870. The van der Waals surface area contributed by atoms with Gasteiger partial charge in [-0.15, -0.1) is 0 Å². The van der Waals surface area contributed by atoms with Gasteiger partial charge in [0.2, 0.25) is 0 Å². The number of imidazole rings is 1. The van der Waals surface area contributed by atoms with Crippen LogP contribution in [0.1, 0.15) is 50.3 Å². The van der Waals surface area contributed by atoms with E-state index < -0.39 is 0 Å². The van der Waals surface area contributed by atoms with Crippen molar-refractivity contribution in [3.63, 3.8) is 0 Å². The van der Waals surface area contributed by atoms with E-state index in [2.05, 4.69) is 26.0 Å². The first-order chi connectivity index (χ1) is 9.88. The van der Waals surface area contributed by atoms with E-state index in [1.165, 1.54) is 63.9 Å². The van der Waals surface area contributed by atoms with Crippen molar-refractivity contribution in [3.05, 3.63) is 18.2 Å². The van der Waals surface area contributed by atoms with Gasteiger partial charge < -0.3 is 9.88 Å². The molecule has 4 heteroatoms. The molecule has 1 aromatic heterocycles. The Morgan fingerprint density at radius 1 is 1.20 bits per heavy atom. The van der Waals surface area contributed by atoms with Crippen molar-refractivity contribution in [2.75, 3.05) is 19.6 Å². The predicted molar refractivity (Wildman–Crippen MR) is 79.5 cm³/mol. The summed E-state index contributed by atoms with van der Waals surface area (Å²) < 4.78 is 2.42. The van der Waals surface area contributed by atoms with Gasteiger partial charge in [-0.2, -0.15) is 0 Å². The molecule has 1 saturated heterocycles. The van der Waals surface area contributed by atoms with Crippen molar-refractivity contribution in [2.45, 2.75) is 57.2 Å². The van der Waals surface area contributed by atoms with Crippen molar-refractivity contribution in [2.24, 2.45) is 5.92 Å². The molecule has 110 valence electrons. The molecule has 0 amide bonds. The third-order valence-electron chi connectivity index (χ3n) is 4.93. The van der Waals surface area contributed by atoms with Gasteiger partial charge in [-0.05, 0) is 51.0 Å². The van der Waals surface area contributed by atoms with Crippen molar-refractivity contribution < 1.29 is 0 Å². The number of rotatable bonds is 7. The molecule has 1 aliphatic heterocycles. The van der Waals surface area contributed by atoms with Crippen LogP contribution in [-0.2, 0) is 6.54 Å². The normalized spacial score (nSPS) is 26.6. The van der Waals surface area contributed by atoms with Gasteiger partial charge in [-0.25, -0.2) is 4.98 Å². The predicted octanol–water partition coefficient (Wildman–Crippen LogP) is 2.18. The van der Waals surface area contributed by atoms with Crippen LogP contribution < -0.4 is 5.32 Å². The Morgan fingerprint density at radius 2 is 2.10 bits per heavy atom. The van der Waals surface area contributed by atoms with E-state index in [1.807, 2.05) is 6.33 Å². The maximum absolute atomic E-state index is 4.38. The van der Waals surface area contributed by atoms with E-state index in [4.69, 9.17) is 0 Å². The fourth-order valence-electron chi connectivity index (χ4n) is 3.46. The van der Waals surface area contributed by atoms with E-state index in [9.17, 15) is 0 Å². The van der Waals surface area contributed by atoms with Gasteiger partial charge in [0.1, 0.15) is 0 Å². The molecule has 1 atom stereocenters. The zero-order chi connectivity index (χ0) is 13.4. The van der Waals surface area contributed by atoms with Crippen LogP contribution >= 0.6 is 0 Å². The fraction of sp³-hybridized carbons (Fsp3) is 0.812. The molecule has 3 fully saturated rings. The minimum atomic E-state index is 0.714. The number of hydrogen-bond acceptors (Lipinski definition) is 3. The highest BCUT2D eigenvalue weighted by Crippen LogP contribution is 2.36. The summed E-state index contributed by atoms with van der Waals surface area (Å²) in [6.45, 7) is 4.80. The van der Waals surface area contributed by atoms with E-state index in [-0.39, 0.29) is 0 Å².